The van der Waals surface area contributed by atoms with Crippen LogP contribution in [0.15, 0.2) is 36.5 Å². The number of nitrogens with zero attached hydrogens (tertiary/aromatic N) is 1. The first-order valence-corrected chi connectivity index (χ1v) is 5.11. The van der Waals surface area contributed by atoms with Gasteiger partial charge in [0.2, 0.25) is 0 Å². The van der Waals surface area contributed by atoms with Crippen LogP contribution >= 0.6 is 0 Å². The third-order valence-electron chi connectivity index (χ3n) is 2.62. The molecule has 2 aromatic rings. The molecule has 0 atom stereocenters. The normalized spacial score (nSPS) is 10.4. The van der Waals surface area contributed by atoms with Gasteiger partial charge in [0.25, 0.3) is 0 Å². The van der Waals surface area contributed by atoms with Crippen molar-refractivity contribution >= 4 is 5.82 Å². The van der Waals surface area contributed by atoms with Crippen LogP contribution in [0.4, 0.5) is 10.2 Å². The predicted octanol–water partition coefficient (Wildman–Crippen LogP) is 2.70. The Morgan fingerprint density at radius 2 is 2.06 bits per heavy atom. The fourth-order valence-electron chi connectivity index (χ4n) is 1.64. The lowest BCUT2D eigenvalue weighted by Crippen LogP contribution is -1.99. The highest BCUT2D eigenvalue weighted by Crippen LogP contribution is 2.17. The second kappa shape index (κ2) is 4.31. The quantitative estimate of drug-likeness (QED) is 0.838. The highest BCUT2D eigenvalue weighted by molar-refractivity contribution is 5.43. The minimum Gasteiger partial charge on any atom is -0.383 e. The van der Waals surface area contributed by atoms with E-state index in [1.165, 1.54) is 6.07 Å². The van der Waals surface area contributed by atoms with E-state index in [1.807, 2.05) is 19.1 Å². The first kappa shape index (κ1) is 10.6. The summed E-state index contributed by atoms with van der Waals surface area (Å²) < 4.78 is 13.1. The molecule has 2 nitrogen and oxygen atoms in total. The number of hydrogen-bond acceptors (Lipinski definition) is 2. The van der Waals surface area contributed by atoms with Gasteiger partial charge in [-0.1, -0.05) is 12.1 Å². The van der Waals surface area contributed by atoms with Gasteiger partial charge in [0.05, 0.1) is 0 Å². The number of halogens is 1. The van der Waals surface area contributed by atoms with Crippen molar-refractivity contribution in [3.05, 3.63) is 59.0 Å². The number of benzene rings is 1. The van der Waals surface area contributed by atoms with Crippen molar-refractivity contribution in [2.45, 2.75) is 13.3 Å². The molecule has 0 bridgehead atoms. The van der Waals surface area contributed by atoms with Crippen molar-refractivity contribution in [3.63, 3.8) is 0 Å². The lowest BCUT2D eigenvalue weighted by Gasteiger charge is -2.07. The van der Waals surface area contributed by atoms with E-state index in [1.54, 1.807) is 18.3 Å². The van der Waals surface area contributed by atoms with Gasteiger partial charge in [-0.25, -0.2) is 9.37 Å². The van der Waals surface area contributed by atoms with Crippen molar-refractivity contribution in [2.24, 2.45) is 0 Å². The highest BCUT2D eigenvalue weighted by Gasteiger charge is 2.04. The van der Waals surface area contributed by atoms with Crippen LogP contribution in [-0.4, -0.2) is 4.98 Å². The maximum absolute atomic E-state index is 13.1. The zero-order chi connectivity index (χ0) is 11.5. The molecule has 0 saturated carbocycles. The van der Waals surface area contributed by atoms with Crippen LogP contribution < -0.4 is 5.73 Å². The smallest absolute Gasteiger partial charge is 0.126 e. The van der Waals surface area contributed by atoms with Crippen LogP contribution in [0.25, 0.3) is 0 Å². The SMILES string of the molecule is Cc1ccc(F)cc1Cc1cccnc1N. The summed E-state index contributed by atoms with van der Waals surface area (Å²) in [6, 6.07) is 8.53. The van der Waals surface area contributed by atoms with E-state index in [9.17, 15) is 4.39 Å². The molecule has 0 radical (unpaired) electrons. The summed E-state index contributed by atoms with van der Waals surface area (Å²) in [5, 5.41) is 0. The summed E-state index contributed by atoms with van der Waals surface area (Å²) in [5.74, 6) is 0.286. The summed E-state index contributed by atoms with van der Waals surface area (Å²) >= 11 is 0. The Hall–Kier alpha value is -1.90. The number of nitrogen functional groups attached to an aromatic ring is 1. The maximum atomic E-state index is 13.1. The van der Waals surface area contributed by atoms with E-state index in [0.29, 0.717) is 12.2 Å². The number of rotatable bonds is 2. The van der Waals surface area contributed by atoms with Crippen LogP contribution in [0.5, 0.6) is 0 Å². The number of hydrogen-bond donors (Lipinski definition) is 1. The molecule has 3 heteroatoms. The maximum Gasteiger partial charge on any atom is 0.126 e. The lowest BCUT2D eigenvalue weighted by molar-refractivity contribution is 0.625. The number of pyridine rings is 1. The summed E-state index contributed by atoms with van der Waals surface area (Å²) in [6.45, 7) is 1.96. The van der Waals surface area contributed by atoms with Gasteiger partial charge in [-0.2, -0.15) is 0 Å². The summed E-state index contributed by atoms with van der Waals surface area (Å²) in [7, 11) is 0. The molecule has 0 unspecified atom stereocenters. The first-order valence-electron chi connectivity index (χ1n) is 5.11. The van der Waals surface area contributed by atoms with Gasteiger partial charge in [0.1, 0.15) is 11.6 Å². The molecule has 0 saturated heterocycles. The van der Waals surface area contributed by atoms with Crippen LogP contribution in [0.3, 0.4) is 0 Å². The Bertz CT molecular complexity index is 509. The van der Waals surface area contributed by atoms with Crippen molar-refractivity contribution in [1.29, 1.82) is 0 Å². The highest BCUT2D eigenvalue weighted by atomic mass is 19.1. The third-order valence-corrected chi connectivity index (χ3v) is 2.62. The molecule has 0 aliphatic heterocycles. The molecule has 0 amide bonds. The topological polar surface area (TPSA) is 38.9 Å². The Labute approximate surface area is 93.9 Å². The number of aromatic nitrogens is 1. The lowest BCUT2D eigenvalue weighted by atomic mass is 10.0. The molecular formula is C13H13FN2. The number of aryl methyl sites for hydroxylation is 1. The molecule has 0 spiro atoms. The van der Waals surface area contributed by atoms with E-state index in [0.717, 1.165) is 16.7 Å². The molecule has 2 N–H and O–H groups in total. The molecule has 0 aliphatic carbocycles. The molecule has 0 fully saturated rings. The van der Waals surface area contributed by atoms with Crippen molar-refractivity contribution in [3.8, 4) is 0 Å². The zero-order valence-electron chi connectivity index (χ0n) is 9.07. The summed E-state index contributed by atoms with van der Waals surface area (Å²) in [4.78, 5) is 4.01. The molecule has 1 aromatic heterocycles. The van der Waals surface area contributed by atoms with Crippen LogP contribution in [0.1, 0.15) is 16.7 Å². The fourth-order valence-corrected chi connectivity index (χ4v) is 1.64. The van der Waals surface area contributed by atoms with Crippen molar-refractivity contribution < 1.29 is 4.39 Å². The van der Waals surface area contributed by atoms with Gasteiger partial charge in [-0.15, -0.1) is 0 Å². The molecule has 0 aliphatic rings. The largest absolute Gasteiger partial charge is 0.383 e. The Balaban J connectivity index is 2.34. The molecule has 16 heavy (non-hydrogen) atoms. The van der Waals surface area contributed by atoms with Crippen LogP contribution in [-0.2, 0) is 6.42 Å². The Morgan fingerprint density at radius 3 is 2.81 bits per heavy atom. The first-order chi connectivity index (χ1) is 7.66. The second-order valence-electron chi connectivity index (χ2n) is 3.80. The fraction of sp³-hybridized carbons (Fsp3) is 0.154. The molecular weight excluding hydrogens is 203 g/mol. The predicted molar refractivity (Wildman–Crippen MR) is 62.6 cm³/mol. The zero-order valence-corrected chi connectivity index (χ0v) is 9.07. The minimum atomic E-state index is -0.219. The van der Waals surface area contributed by atoms with Gasteiger partial charge in [-0.05, 0) is 41.8 Å². The standard InChI is InChI=1S/C13H13FN2/c1-9-4-5-12(14)8-11(9)7-10-3-2-6-16-13(10)15/h2-6,8H,7H2,1H3,(H2,15,16). The van der Waals surface area contributed by atoms with Crippen LogP contribution in [0, 0.1) is 12.7 Å². The molecule has 2 rings (SSSR count). The molecule has 82 valence electrons. The van der Waals surface area contributed by atoms with Crippen molar-refractivity contribution in [1.82, 2.24) is 4.98 Å². The van der Waals surface area contributed by atoms with Gasteiger partial charge in [0.15, 0.2) is 0 Å². The number of nitrogens with two attached hydrogens (primary N) is 1. The number of anilines is 1. The van der Waals surface area contributed by atoms with E-state index >= 15 is 0 Å². The average Bonchev–Trinajstić information content (AvgIpc) is 2.27. The van der Waals surface area contributed by atoms with Crippen LogP contribution in [0.2, 0.25) is 0 Å². The Kier molecular flexibility index (Phi) is 2.86. The van der Waals surface area contributed by atoms with Gasteiger partial charge >= 0.3 is 0 Å². The Morgan fingerprint density at radius 1 is 1.25 bits per heavy atom. The minimum absolute atomic E-state index is 0.219. The third kappa shape index (κ3) is 2.19. The van der Waals surface area contributed by atoms with Gasteiger partial charge in [-0.3, -0.25) is 0 Å². The second-order valence-corrected chi connectivity index (χ2v) is 3.80. The van der Waals surface area contributed by atoms with Gasteiger partial charge < -0.3 is 5.73 Å². The van der Waals surface area contributed by atoms with E-state index in [4.69, 9.17) is 5.73 Å². The summed E-state index contributed by atoms with van der Waals surface area (Å²) in [6.07, 6.45) is 2.26. The van der Waals surface area contributed by atoms with E-state index in [-0.39, 0.29) is 5.82 Å². The van der Waals surface area contributed by atoms with E-state index < -0.39 is 0 Å². The van der Waals surface area contributed by atoms with Crippen molar-refractivity contribution in [2.75, 3.05) is 5.73 Å². The monoisotopic (exact) mass is 216 g/mol. The van der Waals surface area contributed by atoms with Gasteiger partial charge in [0, 0.05) is 12.6 Å². The van der Waals surface area contributed by atoms with E-state index in [2.05, 4.69) is 4.98 Å². The molecule has 1 aromatic carbocycles. The average molecular weight is 216 g/mol. The molecule has 1 heterocycles. The summed E-state index contributed by atoms with van der Waals surface area (Å²) in [5.41, 5.74) is 8.68.